The van der Waals surface area contributed by atoms with Gasteiger partial charge in [-0.2, -0.15) is 0 Å². The number of rotatable bonds is 0. The van der Waals surface area contributed by atoms with E-state index in [0.717, 1.165) is 32.1 Å². The molecule has 3 fully saturated rings. The maximum atomic E-state index is 11.6. The standard InChI is InChI=1S/C14H22O3/c1-14-7-6-9-8(2-4-11(15)13(9)17)10(14)3-5-12(14)16/h8-10,12-13,16-17H,2-7H2,1H3. The largest absolute Gasteiger partial charge is 0.393 e. The maximum Gasteiger partial charge on any atom is 0.161 e. The van der Waals surface area contributed by atoms with E-state index < -0.39 is 6.10 Å². The highest BCUT2D eigenvalue weighted by molar-refractivity contribution is 5.84. The van der Waals surface area contributed by atoms with Crippen LogP contribution in [0.4, 0.5) is 0 Å². The number of aliphatic hydroxyl groups is 2. The van der Waals surface area contributed by atoms with Gasteiger partial charge in [0.1, 0.15) is 6.10 Å². The maximum absolute atomic E-state index is 11.6. The van der Waals surface area contributed by atoms with Crippen molar-refractivity contribution in [2.45, 2.75) is 57.7 Å². The lowest BCUT2D eigenvalue weighted by Gasteiger charge is -2.50. The Kier molecular flexibility index (Phi) is 2.60. The Hall–Kier alpha value is -0.410. The summed E-state index contributed by atoms with van der Waals surface area (Å²) in [6.45, 7) is 2.20. The summed E-state index contributed by atoms with van der Waals surface area (Å²) in [5, 5.41) is 20.2. The van der Waals surface area contributed by atoms with Gasteiger partial charge in [-0.15, -0.1) is 0 Å². The van der Waals surface area contributed by atoms with Crippen LogP contribution in [0.3, 0.4) is 0 Å². The summed E-state index contributed by atoms with van der Waals surface area (Å²) in [6.07, 6.45) is 4.39. The summed E-state index contributed by atoms with van der Waals surface area (Å²) < 4.78 is 0. The van der Waals surface area contributed by atoms with Gasteiger partial charge in [0.05, 0.1) is 6.10 Å². The molecule has 0 aromatic rings. The number of hydrogen-bond acceptors (Lipinski definition) is 3. The van der Waals surface area contributed by atoms with Gasteiger partial charge >= 0.3 is 0 Å². The van der Waals surface area contributed by atoms with E-state index >= 15 is 0 Å². The molecule has 0 spiro atoms. The van der Waals surface area contributed by atoms with E-state index in [0.29, 0.717) is 18.3 Å². The molecule has 2 N–H and O–H groups in total. The molecule has 6 atom stereocenters. The van der Waals surface area contributed by atoms with E-state index in [1.54, 1.807) is 0 Å². The zero-order valence-electron chi connectivity index (χ0n) is 10.4. The zero-order valence-corrected chi connectivity index (χ0v) is 10.4. The first-order chi connectivity index (χ1) is 8.04. The average Bonchev–Trinajstić information content (AvgIpc) is 2.61. The Labute approximate surface area is 102 Å². The molecule has 0 aromatic heterocycles. The molecule has 0 amide bonds. The van der Waals surface area contributed by atoms with Crippen molar-refractivity contribution in [3.05, 3.63) is 0 Å². The summed E-state index contributed by atoms with van der Waals surface area (Å²) in [4.78, 5) is 11.6. The van der Waals surface area contributed by atoms with Crippen molar-refractivity contribution in [2.24, 2.45) is 23.2 Å². The molecule has 3 rings (SSSR count). The highest BCUT2D eigenvalue weighted by Crippen LogP contribution is 2.58. The monoisotopic (exact) mass is 238 g/mol. The van der Waals surface area contributed by atoms with Gasteiger partial charge in [0.15, 0.2) is 5.78 Å². The van der Waals surface area contributed by atoms with E-state index in [1.807, 2.05) is 0 Å². The summed E-state index contributed by atoms with van der Waals surface area (Å²) in [7, 11) is 0. The number of ketones is 1. The smallest absolute Gasteiger partial charge is 0.161 e. The van der Waals surface area contributed by atoms with Gasteiger partial charge in [0.25, 0.3) is 0 Å². The minimum absolute atomic E-state index is 0.0356. The van der Waals surface area contributed by atoms with Crippen LogP contribution in [0, 0.1) is 23.2 Å². The first-order valence-corrected chi connectivity index (χ1v) is 6.93. The fourth-order valence-electron chi connectivity index (χ4n) is 4.79. The van der Waals surface area contributed by atoms with Crippen molar-refractivity contribution in [1.82, 2.24) is 0 Å². The molecule has 17 heavy (non-hydrogen) atoms. The Bertz CT molecular complexity index is 340. The molecular weight excluding hydrogens is 216 g/mol. The fraction of sp³-hybridized carbons (Fsp3) is 0.929. The molecule has 0 bridgehead atoms. The molecule has 6 unspecified atom stereocenters. The molecular formula is C14H22O3. The fourth-order valence-corrected chi connectivity index (χ4v) is 4.79. The van der Waals surface area contributed by atoms with Gasteiger partial charge in [-0.05, 0) is 55.3 Å². The molecule has 0 heterocycles. The summed E-state index contributed by atoms with van der Waals surface area (Å²) in [5.41, 5.74) is 0.0429. The van der Waals surface area contributed by atoms with Crippen LogP contribution < -0.4 is 0 Å². The molecule has 0 radical (unpaired) electrons. The highest BCUT2D eigenvalue weighted by Gasteiger charge is 2.56. The lowest BCUT2D eigenvalue weighted by atomic mass is 9.55. The van der Waals surface area contributed by atoms with E-state index in [-0.39, 0.29) is 23.2 Å². The van der Waals surface area contributed by atoms with Gasteiger partial charge < -0.3 is 10.2 Å². The molecule has 96 valence electrons. The Morgan fingerprint density at radius 1 is 1.12 bits per heavy atom. The van der Waals surface area contributed by atoms with Gasteiger partial charge in [0, 0.05) is 6.42 Å². The molecule has 0 aromatic carbocycles. The molecule has 3 saturated carbocycles. The van der Waals surface area contributed by atoms with Crippen molar-refractivity contribution in [2.75, 3.05) is 0 Å². The van der Waals surface area contributed by atoms with Crippen molar-refractivity contribution in [3.8, 4) is 0 Å². The van der Waals surface area contributed by atoms with E-state index in [9.17, 15) is 15.0 Å². The number of hydrogen-bond donors (Lipinski definition) is 2. The van der Waals surface area contributed by atoms with Gasteiger partial charge in [-0.25, -0.2) is 0 Å². The quantitative estimate of drug-likeness (QED) is 0.672. The van der Waals surface area contributed by atoms with Crippen molar-refractivity contribution >= 4 is 5.78 Å². The predicted octanol–water partition coefficient (Wildman–Crippen LogP) is 1.51. The molecule has 0 aliphatic heterocycles. The Morgan fingerprint density at radius 2 is 1.88 bits per heavy atom. The van der Waals surface area contributed by atoms with Crippen LogP contribution in [-0.4, -0.2) is 28.2 Å². The molecule has 3 heteroatoms. The summed E-state index contributed by atoms with van der Waals surface area (Å²) >= 11 is 0. The van der Waals surface area contributed by atoms with Crippen molar-refractivity contribution in [3.63, 3.8) is 0 Å². The van der Waals surface area contributed by atoms with Gasteiger partial charge in [0.2, 0.25) is 0 Å². The molecule has 3 nitrogen and oxygen atoms in total. The SMILES string of the molecule is CC12CCC3C(O)C(=O)CCC3C1CCC2O. The van der Waals surface area contributed by atoms with E-state index in [2.05, 4.69) is 6.92 Å². The van der Waals surface area contributed by atoms with E-state index in [1.165, 1.54) is 0 Å². The molecule has 0 saturated heterocycles. The van der Waals surface area contributed by atoms with E-state index in [4.69, 9.17) is 0 Å². The second kappa shape index (κ2) is 3.79. The van der Waals surface area contributed by atoms with Crippen LogP contribution in [0.2, 0.25) is 0 Å². The first kappa shape index (κ1) is 11.7. The van der Waals surface area contributed by atoms with Crippen LogP contribution >= 0.6 is 0 Å². The lowest BCUT2D eigenvalue weighted by Crippen LogP contribution is -2.50. The number of carbonyl (C=O) groups is 1. The second-order valence-electron chi connectivity index (χ2n) is 6.52. The van der Waals surface area contributed by atoms with Crippen LogP contribution in [0.5, 0.6) is 0 Å². The number of carbonyl (C=O) groups excluding carboxylic acids is 1. The molecule has 3 aliphatic carbocycles. The van der Waals surface area contributed by atoms with Crippen molar-refractivity contribution < 1.29 is 15.0 Å². The number of aliphatic hydroxyl groups excluding tert-OH is 2. The minimum atomic E-state index is -0.726. The predicted molar refractivity (Wildman–Crippen MR) is 63.3 cm³/mol. The van der Waals surface area contributed by atoms with Crippen LogP contribution in [0.25, 0.3) is 0 Å². The zero-order chi connectivity index (χ0) is 12.2. The summed E-state index contributed by atoms with van der Waals surface area (Å²) in [6, 6.07) is 0. The number of Topliss-reactive ketones (excluding diaryl/α,β-unsaturated/α-hetero) is 1. The summed E-state index contributed by atoms with van der Waals surface area (Å²) in [5.74, 6) is 1.17. The van der Waals surface area contributed by atoms with Gasteiger partial charge in [-0.3, -0.25) is 4.79 Å². The molecule has 3 aliphatic rings. The van der Waals surface area contributed by atoms with Gasteiger partial charge in [-0.1, -0.05) is 6.92 Å². The second-order valence-corrected chi connectivity index (χ2v) is 6.52. The topological polar surface area (TPSA) is 57.5 Å². The third-order valence-electron chi connectivity index (χ3n) is 5.90. The van der Waals surface area contributed by atoms with Crippen LogP contribution in [0.1, 0.15) is 45.4 Å². The first-order valence-electron chi connectivity index (χ1n) is 6.93. The van der Waals surface area contributed by atoms with Crippen molar-refractivity contribution in [1.29, 1.82) is 0 Å². The lowest BCUT2D eigenvalue weighted by molar-refractivity contribution is -0.143. The minimum Gasteiger partial charge on any atom is -0.393 e. The highest BCUT2D eigenvalue weighted by atomic mass is 16.3. The average molecular weight is 238 g/mol. The third kappa shape index (κ3) is 1.52. The normalized spacial score (nSPS) is 54.3. The van der Waals surface area contributed by atoms with Crippen LogP contribution in [0.15, 0.2) is 0 Å². The van der Waals surface area contributed by atoms with Crippen LogP contribution in [-0.2, 0) is 4.79 Å². The Morgan fingerprint density at radius 3 is 2.65 bits per heavy atom. The Balaban J connectivity index is 1.87. The third-order valence-corrected chi connectivity index (χ3v) is 5.90. The number of fused-ring (bicyclic) bond motifs is 3.